The number of ether oxygens (including phenoxy) is 2. The lowest BCUT2D eigenvalue weighted by atomic mass is 9.86. The van der Waals surface area contributed by atoms with Crippen molar-refractivity contribution in [3.05, 3.63) is 167 Å². The van der Waals surface area contributed by atoms with Gasteiger partial charge >= 0.3 is 49.8 Å². The maximum Gasteiger partial charge on any atom is 0.461 e. The van der Waals surface area contributed by atoms with Gasteiger partial charge in [0.1, 0.15) is 11.5 Å². The Balaban J connectivity index is 0.000000231. The first-order chi connectivity index (χ1) is 37.2. The second-order valence-corrected chi connectivity index (χ2v) is 18.4. The third kappa shape index (κ3) is 14.1. The van der Waals surface area contributed by atoms with E-state index in [0.717, 1.165) is 48.5 Å². The highest BCUT2D eigenvalue weighted by Crippen LogP contribution is 2.47. The van der Waals surface area contributed by atoms with Gasteiger partial charge in [-0.3, -0.25) is 0 Å². The Kier molecular flexibility index (Phi) is 17.6. The van der Waals surface area contributed by atoms with Gasteiger partial charge in [0.05, 0.1) is 36.3 Å². The van der Waals surface area contributed by atoms with E-state index in [-0.39, 0.29) is 59.3 Å². The summed E-state index contributed by atoms with van der Waals surface area (Å²) in [5.74, 6) is -1.30. The van der Waals surface area contributed by atoms with E-state index in [1.807, 2.05) is 0 Å². The summed E-state index contributed by atoms with van der Waals surface area (Å²) in [5.41, 5.74) is 0.669. The summed E-state index contributed by atoms with van der Waals surface area (Å²) in [6, 6.07) is 24.9. The fourth-order valence-electron chi connectivity index (χ4n) is 9.39. The van der Waals surface area contributed by atoms with Crippen molar-refractivity contribution in [3.8, 4) is 33.8 Å². The molecule has 0 amide bonds. The van der Waals surface area contributed by atoms with E-state index in [4.69, 9.17) is 0 Å². The molecule has 6 aromatic carbocycles. The Labute approximate surface area is 441 Å². The number of alkyl halides is 20. The van der Waals surface area contributed by atoms with Crippen molar-refractivity contribution in [2.24, 2.45) is 0 Å². The van der Waals surface area contributed by atoms with Crippen LogP contribution >= 0.6 is 0 Å². The first kappa shape index (κ1) is 60.7. The van der Waals surface area contributed by atoms with Crippen molar-refractivity contribution >= 4 is 11.4 Å². The summed E-state index contributed by atoms with van der Waals surface area (Å²) in [6.07, 6.45) is -42.4. The van der Waals surface area contributed by atoms with Crippen LogP contribution in [0.25, 0.3) is 22.3 Å². The summed E-state index contributed by atoms with van der Waals surface area (Å²) < 4.78 is 273. The number of benzene rings is 6. The molecule has 80 heavy (non-hydrogen) atoms. The first-order valence-corrected chi connectivity index (χ1v) is 23.7. The third-order valence-electron chi connectivity index (χ3n) is 13.0. The highest BCUT2D eigenvalue weighted by atomic mass is 19.4. The predicted molar refractivity (Wildman–Crippen MR) is 251 cm³/mol. The van der Waals surface area contributed by atoms with E-state index in [1.165, 1.54) is 94.7 Å². The number of hydrogen-bond acceptors (Lipinski definition) is 6. The minimum absolute atomic E-state index is 0.0578. The molecule has 6 aromatic rings. The molecule has 26 heteroatoms. The quantitative estimate of drug-likeness (QED) is 0.106. The van der Waals surface area contributed by atoms with Crippen LogP contribution in [0.2, 0.25) is 0 Å². The number of fused-ring (bicyclic) bond motifs is 2. The van der Waals surface area contributed by atoms with Crippen LogP contribution in [0, 0.1) is 0 Å². The zero-order valence-electron chi connectivity index (χ0n) is 40.6. The van der Waals surface area contributed by atoms with Crippen LogP contribution in [0.1, 0.15) is 58.3 Å². The molecule has 8 rings (SSSR count). The van der Waals surface area contributed by atoms with E-state index < -0.39 is 110 Å². The summed E-state index contributed by atoms with van der Waals surface area (Å²) in [4.78, 5) is 2.36. The van der Waals surface area contributed by atoms with E-state index >= 15 is 0 Å². The SMILES string of the molecule is OC(CN1c2cccc(-c3cccc(C(F)(F)F)c3)c2CCC1c1cccc(OC(F)(F)C(F)F)c1)C(F)(F)F.OC(CN1c2cccc(-c3cccc(C(F)(F)F)c3)c2CCC1c1cccc(OC(F)(F)C(F)F)c1)C(F)(F)F. The average molecular weight is 1160 g/mol. The maximum absolute atomic E-state index is 13.5. The number of nitrogens with zero attached hydrogens (tertiary/aromatic N) is 2. The van der Waals surface area contributed by atoms with Gasteiger partial charge < -0.3 is 29.5 Å². The van der Waals surface area contributed by atoms with Crippen molar-refractivity contribution in [2.75, 3.05) is 22.9 Å². The molecule has 432 valence electrons. The number of aliphatic hydroxyl groups excluding tert-OH is 2. The van der Waals surface area contributed by atoms with Crippen LogP contribution < -0.4 is 19.3 Å². The van der Waals surface area contributed by atoms with E-state index in [9.17, 15) is 98.0 Å². The van der Waals surface area contributed by atoms with Gasteiger partial charge in [-0.25, -0.2) is 0 Å². The fraction of sp³-hybridized carbons (Fsp3) is 0.333. The van der Waals surface area contributed by atoms with Crippen LogP contribution in [-0.4, -0.2) is 72.9 Å². The highest BCUT2D eigenvalue weighted by molar-refractivity contribution is 5.78. The highest BCUT2D eigenvalue weighted by Gasteiger charge is 2.47. The second-order valence-electron chi connectivity index (χ2n) is 18.4. The zero-order chi connectivity index (χ0) is 58.9. The molecular formula is C54H42F20N2O4. The maximum atomic E-state index is 13.5. The van der Waals surface area contributed by atoms with Gasteiger partial charge in [-0.1, -0.05) is 72.8 Å². The van der Waals surface area contributed by atoms with Gasteiger partial charge in [0.2, 0.25) is 0 Å². The fourth-order valence-corrected chi connectivity index (χ4v) is 9.39. The number of hydrogen-bond donors (Lipinski definition) is 2. The van der Waals surface area contributed by atoms with Crippen LogP contribution in [-0.2, 0) is 25.2 Å². The minimum Gasteiger partial charge on any atom is -0.428 e. The molecule has 2 aliphatic rings. The van der Waals surface area contributed by atoms with E-state index in [1.54, 1.807) is 0 Å². The number of anilines is 2. The molecule has 0 fully saturated rings. The Morgan fingerprint density at radius 2 is 0.775 bits per heavy atom. The first-order valence-electron chi connectivity index (χ1n) is 23.7. The van der Waals surface area contributed by atoms with Crippen molar-refractivity contribution in [1.29, 1.82) is 0 Å². The lowest BCUT2D eigenvalue weighted by molar-refractivity contribution is -0.253. The normalized spacial score (nSPS) is 17.1. The van der Waals surface area contributed by atoms with Gasteiger partial charge in [0, 0.05) is 11.4 Å². The molecule has 4 atom stereocenters. The zero-order valence-corrected chi connectivity index (χ0v) is 40.6. The van der Waals surface area contributed by atoms with Crippen molar-refractivity contribution < 1.29 is 107 Å². The standard InChI is InChI=1S/2C27H21F10NO2/c2*28-24(29)27(36,37)40-18-7-2-5-16(13-18)21-11-10-20-19(15-4-1-6-17(12-15)25(30,31)32)8-3-9-22(20)38(21)14-23(39)26(33,34)35/h2*1-9,12-13,21,23-24,39H,10-11,14H2. The van der Waals surface area contributed by atoms with Crippen LogP contribution in [0.5, 0.6) is 11.5 Å². The third-order valence-corrected chi connectivity index (χ3v) is 13.0. The Bertz CT molecular complexity index is 2880. The molecule has 4 unspecified atom stereocenters. The second kappa shape index (κ2) is 23.3. The van der Waals surface area contributed by atoms with Crippen molar-refractivity contribution in [3.63, 3.8) is 0 Å². The summed E-state index contributed by atoms with van der Waals surface area (Å²) in [5, 5.41) is 19.8. The molecule has 2 N–H and O–H groups in total. The molecule has 2 heterocycles. The van der Waals surface area contributed by atoms with Crippen LogP contribution in [0.15, 0.2) is 133 Å². The van der Waals surface area contributed by atoms with E-state index in [0.29, 0.717) is 22.3 Å². The van der Waals surface area contributed by atoms with Crippen LogP contribution in [0.3, 0.4) is 0 Å². The lowest BCUT2D eigenvalue weighted by Gasteiger charge is -2.41. The molecule has 0 saturated heterocycles. The lowest BCUT2D eigenvalue weighted by Crippen LogP contribution is -2.44. The number of aliphatic hydroxyl groups is 2. The van der Waals surface area contributed by atoms with Gasteiger partial charge in [-0.05, 0) is 131 Å². The average Bonchev–Trinajstić information content (AvgIpc) is 3.37. The van der Waals surface area contributed by atoms with E-state index in [2.05, 4.69) is 9.47 Å². The Hall–Kier alpha value is -6.96. The monoisotopic (exact) mass is 1160 g/mol. The van der Waals surface area contributed by atoms with Gasteiger partial charge in [0.25, 0.3) is 0 Å². The topological polar surface area (TPSA) is 65.4 Å². The number of rotatable bonds is 14. The molecule has 0 radical (unpaired) electrons. The smallest absolute Gasteiger partial charge is 0.428 e. The van der Waals surface area contributed by atoms with Crippen LogP contribution in [0.4, 0.5) is 99.2 Å². The molecule has 0 bridgehead atoms. The predicted octanol–water partition coefficient (Wildman–Crippen LogP) is 16.1. The minimum atomic E-state index is -5.02. The molecule has 6 nitrogen and oxygen atoms in total. The van der Waals surface area contributed by atoms with Gasteiger partial charge in [-0.15, -0.1) is 0 Å². The molecule has 0 aromatic heterocycles. The van der Waals surface area contributed by atoms with Gasteiger partial charge in [-0.2, -0.15) is 87.8 Å². The van der Waals surface area contributed by atoms with Crippen molar-refractivity contribution in [1.82, 2.24) is 0 Å². The molecule has 0 saturated carbocycles. The molecule has 0 aliphatic carbocycles. The number of halogens is 20. The largest absolute Gasteiger partial charge is 0.461 e. The molecule has 0 spiro atoms. The molecular weight excluding hydrogens is 1120 g/mol. The van der Waals surface area contributed by atoms with Crippen molar-refractivity contribution in [2.45, 2.75) is 99.7 Å². The summed E-state index contributed by atoms with van der Waals surface area (Å²) in [7, 11) is 0. The summed E-state index contributed by atoms with van der Waals surface area (Å²) in [6.45, 7) is -1.99. The number of β-amino-alcohol motifs (C(OH)–C–C–N with tert-alkyl or cyclic N) is 2. The Morgan fingerprint density at radius 1 is 0.438 bits per heavy atom. The Morgan fingerprint density at radius 3 is 1.10 bits per heavy atom. The summed E-state index contributed by atoms with van der Waals surface area (Å²) >= 11 is 0. The molecule has 2 aliphatic heterocycles. The van der Waals surface area contributed by atoms with Gasteiger partial charge in [0.15, 0.2) is 12.2 Å².